The van der Waals surface area contributed by atoms with Gasteiger partial charge in [-0.2, -0.15) is 5.10 Å². The van der Waals surface area contributed by atoms with Crippen LogP contribution in [0.4, 0.5) is 4.79 Å². The molecular weight excluding hydrogens is 224 g/mol. The highest BCUT2D eigenvalue weighted by Gasteiger charge is 2.03. The summed E-state index contributed by atoms with van der Waals surface area (Å²) in [5, 5.41) is 17.6. The normalized spacial score (nSPS) is 9.94. The molecule has 0 radical (unpaired) electrons. The quantitative estimate of drug-likeness (QED) is 0.614. The van der Waals surface area contributed by atoms with Gasteiger partial charge < -0.3 is 15.7 Å². The van der Waals surface area contributed by atoms with Crippen LogP contribution < -0.4 is 10.6 Å². The van der Waals surface area contributed by atoms with Crippen molar-refractivity contribution in [2.75, 3.05) is 6.54 Å². The van der Waals surface area contributed by atoms with Crippen molar-refractivity contribution in [2.24, 2.45) is 7.05 Å². The molecule has 1 aromatic rings. The molecule has 1 rings (SSSR count). The lowest BCUT2D eigenvalue weighted by atomic mass is 10.3. The maximum absolute atomic E-state index is 11.3. The van der Waals surface area contributed by atoms with Gasteiger partial charge in [-0.05, 0) is 12.5 Å². The van der Waals surface area contributed by atoms with E-state index in [1.54, 1.807) is 17.9 Å². The van der Waals surface area contributed by atoms with Crippen LogP contribution in [0, 0.1) is 0 Å². The van der Waals surface area contributed by atoms with Gasteiger partial charge in [-0.25, -0.2) is 4.79 Å². The zero-order valence-electron chi connectivity index (χ0n) is 9.64. The Morgan fingerprint density at radius 1 is 1.47 bits per heavy atom. The Morgan fingerprint density at radius 3 is 2.82 bits per heavy atom. The number of amides is 2. The number of carboxylic acids is 1. The molecule has 0 spiro atoms. The van der Waals surface area contributed by atoms with E-state index >= 15 is 0 Å². The highest BCUT2D eigenvalue weighted by Crippen LogP contribution is 1.94. The first-order valence-corrected chi connectivity index (χ1v) is 5.30. The zero-order valence-corrected chi connectivity index (χ0v) is 9.64. The van der Waals surface area contributed by atoms with Crippen molar-refractivity contribution in [3.05, 3.63) is 18.0 Å². The second-order valence-corrected chi connectivity index (χ2v) is 3.55. The van der Waals surface area contributed by atoms with E-state index in [-0.39, 0.29) is 12.5 Å². The second-order valence-electron chi connectivity index (χ2n) is 3.55. The summed E-state index contributed by atoms with van der Waals surface area (Å²) >= 11 is 0. The highest BCUT2D eigenvalue weighted by atomic mass is 16.4. The van der Waals surface area contributed by atoms with Crippen molar-refractivity contribution in [2.45, 2.75) is 19.4 Å². The number of carbonyl (C=O) groups is 2. The van der Waals surface area contributed by atoms with Crippen LogP contribution >= 0.6 is 0 Å². The number of rotatable bonds is 6. The molecule has 7 nitrogen and oxygen atoms in total. The molecule has 1 heterocycles. The minimum absolute atomic E-state index is 0.0576. The fraction of sp³-hybridized carbons (Fsp3) is 0.500. The molecule has 94 valence electrons. The number of hydrogen-bond donors (Lipinski definition) is 3. The van der Waals surface area contributed by atoms with Crippen molar-refractivity contribution >= 4 is 12.0 Å². The Hall–Kier alpha value is -2.05. The Labute approximate surface area is 98.8 Å². The highest BCUT2D eigenvalue weighted by molar-refractivity contribution is 5.73. The predicted molar refractivity (Wildman–Crippen MR) is 60.3 cm³/mol. The molecule has 0 bridgehead atoms. The minimum atomic E-state index is -0.859. The number of carbonyl (C=O) groups excluding carboxylic acids is 1. The van der Waals surface area contributed by atoms with Gasteiger partial charge in [-0.15, -0.1) is 0 Å². The van der Waals surface area contributed by atoms with Crippen LogP contribution in [-0.2, 0) is 18.4 Å². The summed E-state index contributed by atoms with van der Waals surface area (Å²) in [5.74, 6) is -0.859. The van der Waals surface area contributed by atoms with Crippen molar-refractivity contribution in [1.82, 2.24) is 20.4 Å². The first-order chi connectivity index (χ1) is 8.09. The number of carboxylic acid groups (broad SMARTS) is 1. The van der Waals surface area contributed by atoms with E-state index in [1.807, 2.05) is 6.07 Å². The van der Waals surface area contributed by atoms with Crippen LogP contribution in [0.1, 0.15) is 18.5 Å². The molecule has 0 aliphatic rings. The number of aryl methyl sites for hydroxylation is 1. The smallest absolute Gasteiger partial charge is 0.315 e. The van der Waals surface area contributed by atoms with Gasteiger partial charge in [0, 0.05) is 26.2 Å². The molecule has 0 aliphatic heterocycles. The number of hydrogen-bond acceptors (Lipinski definition) is 3. The molecule has 0 aliphatic carbocycles. The van der Waals surface area contributed by atoms with Crippen LogP contribution in [-0.4, -0.2) is 33.4 Å². The Morgan fingerprint density at radius 2 is 2.24 bits per heavy atom. The van der Waals surface area contributed by atoms with Gasteiger partial charge in [0.05, 0.1) is 12.2 Å². The maximum atomic E-state index is 11.3. The molecule has 0 fully saturated rings. The lowest BCUT2D eigenvalue weighted by Crippen LogP contribution is -2.36. The van der Waals surface area contributed by atoms with Crippen molar-refractivity contribution in [3.8, 4) is 0 Å². The van der Waals surface area contributed by atoms with Crippen molar-refractivity contribution in [1.29, 1.82) is 0 Å². The summed E-state index contributed by atoms with van der Waals surface area (Å²) in [6, 6.07) is 1.50. The van der Waals surface area contributed by atoms with Gasteiger partial charge in [0.1, 0.15) is 0 Å². The lowest BCUT2D eigenvalue weighted by Gasteiger charge is -2.07. The summed E-state index contributed by atoms with van der Waals surface area (Å²) in [4.78, 5) is 21.5. The Bertz CT molecular complexity index is 389. The monoisotopic (exact) mass is 240 g/mol. The van der Waals surface area contributed by atoms with Crippen LogP contribution in [0.2, 0.25) is 0 Å². The van der Waals surface area contributed by atoms with Crippen molar-refractivity contribution < 1.29 is 14.7 Å². The van der Waals surface area contributed by atoms with Crippen LogP contribution in [0.25, 0.3) is 0 Å². The molecule has 1 aromatic heterocycles. The van der Waals surface area contributed by atoms with E-state index in [2.05, 4.69) is 15.7 Å². The molecule has 0 saturated heterocycles. The summed E-state index contributed by atoms with van der Waals surface area (Å²) in [5.41, 5.74) is 0.894. The topological polar surface area (TPSA) is 96.3 Å². The summed E-state index contributed by atoms with van der Waals surface area (Å²) in [7, 11) is 1.79. The third kappa shape index (κ3) is 5.01. The zero-order chi connectivity index (χ0) is 12.7. The summed E-state index contributed by atoms with van der Waals surface area (Å²) in [6.45, 7) is 0.741. The lowest BCUT2D eigenvalue weighted by molar-refractivity contribution is -0.137. The first-order valence-electron chi connectivity index (χ1n) is 5.30. The summed E-state index contributed by atoms with van der Waals surface area (Å²) < 4.78 is 1.67. The number of aromatic nitrogens is 2. The van der Waals surface area contributed by atoms with Crippen LogP contribution in [0.5, 0.6) is 0 Å². The predicted octanol–water partition coefficient (Wildman–Crippen LogP) is 0.0841. The average molecular weight is 240 g/mol. The van der Waals surface area contributed by atoms with E-state index in [9.17, 15) is 9.59 Å². The molecule has 2 amide bonds. The fourth-order valence-electron chi connectivity index (χ4n) is 1.25. The van der Waals surface area contributed by atoms with E-state index in [1.165, 1.54) is 0 Å². The molecule has 0 aromatic carbocycles. The number of nitrogens with one attached hydrogen (secondary N) is 2. The van der Waals surface area contributed by atoms with Crippen LogP contribution in [0.3, 0.4) is 0 Å². The Kier molecular flexibility index (Phi) is 4.99. The average Bonchev–Trinajstić information content (AvgIpc) is 2.67. The minimum Gasteiger partial charge on any atom is -0.481 e. The van der Waals surface area contributed by atoms with Gasteiger partial charge in [-0.1, -0.05) is 0 Å². The van der Waals surface area contributed by atoms with E-state index in [4.69, 9.17) is 5.11 Å². The molecule has 17 heavy (non-hydrogen) atoms. The van der Waals surface area contributed by atoms with E-state index < -0.39 is 5.97 Å². The van der Waals surface area contributed by atoms with Crippen LogP contribution in [0.15, 0.2) is 12.3 Å². The largest absolute Gasteiger partial charge is 0.481 e. The number of urea groups is 1. The molecule has 3 N–H and O–H groups in total. The van der Waals surface area contributed by atoms with Gasteiger partial charge in [0.2, 0.25) is 0 Å². The SMILES string of the molecule is Cn1nccc1CNC(=O)NCCCC(=O)O. The number of nitrogens with zero attached hydrogens (tertiary/aromatic N) is 2. The molecular formula is C10H16N4O3. The fourth-order valence-corrected chi connectivity index (χ4v) is 1.25. The number of aliphatic carboxylic acids is 1. The molecule has 0 atom stereocenters. The third-order valence-electron chi connectivity index (χ3n) is 2.21. The molecule has 0 saturated carbocycles. The standard InChI is InChI=1S/C10H16N4O3/c1-14-8(4-6-13-14)7-12-10(17)11-5-2-3-9(15)16/h4,6H,2-3,5,7H2,1H3,(H,15,16)(H2,11,12,17). The van der Waals surface area contributed by atoms with E-state index in [0.717, 1.165) is 5.69 Å². The second kappa shape index (κ2) is 6.51. The maximum Gasteiger partial charge on any atom is 0.315 e. The van der Waals surface area contributed by atoms with Crippen molar-refractivity contribution in [3.63, 3.8) is 0 Å². The van der Waals surface area contributed by atoms with E-state index in [0.29, 0.717) is 19.5 Å². The third-order valence-corrected chi connectivity index (χ3v) is 2.21. The van der Waals surface area contributed by atoms with Gasteiger partial charge in [0.25, 0.3) is 0 Å². The van der Waals surface area contributed by atoms with Gasteiger partial charge >= 0.3 is 12.0 Å². The molecule has 7 heteroatoms. The molecule has 0 unspecified atom stereocenters. The Balaban J connectivity index is 2.13. The summed E-state index contributed by atoms with van der Waals surface area (Å²) in [6.07, 6.45) is 2.14. The van der Waals surface area contributed by atoms with Gasteiger partial charge in [-0.3, -0.25) is 9.48 Å². The van der Waals surface area contributed by atoms with Gasteiger partial charge in [0.15, 0.2) is 0 Å². The first kappa shape index (κ1) is 13.0.